The van der Waals surface area contributed by atoms with E-state index in [-0.39, 0.29) is 10.1 Å². The van der Waals surface area contributed by atoms with E-state index in [1.807, 2.05) is 0 Å². The number of imide groups is 1. The number of rotatable bonds is 4. The maximum absolute atomic E-state index is 13.4. The second-order valence-electron chi connectivity index (χ2n) is 6.74. The summed E-state index contributed by atoms with van der Waals surface area (Å²) in [6, 6.07) is 6.46. The molecule has 0 radical (unpaired) electrons. The molecule has 4 rings (SSSR count). The summed E-state index contributed by atoms with van der Waals surface area (Å²) in [6.45, 7) is 0. The molecule has 0 aromatic heterocycles. The standard InChI is InChI=1S/C18H15Cl4NO5/c1-26-9-6-4-8(5-7-9)23-14(24)10-11(15(23)25)17(22)13(20)12(19)16(10,21)18(17,27-2)28-3/h4-7,10-11H,1-3H3/t10-,11-,16+,17+/m1/s1. The number of hydrogen-bond acceptors (Lipinski definition) is 5. The summed E-state index contributed by atoms with van der Waals surface area (Å²) in [7, 11) is 4.14. The first-order valence-electron chi connectivity index (χ1n) is 8.23. The number of anilines is 1. The van der Waals surface area contributed by atoms with Gasteiger partial charge < -0.3 is 14.2 Å². The van der Waals surface area contributed by atoms with E-state index in [0.29, 0.717) is 11.4 Å². The normalized spacial score (nSPS) is 35.8. The summed E-state index contributed by atoms with van der Waals surface area (Å²) in [5.74, 6) is -4.55. The minimum Gasteiger partial charge on any atom is -0.497 e. The van der Waals surface area contributed by atoms with Crippen molar-refractivity contribution < 1.29 is 23.8 Å². The number of amides is 2. The van der Waals surface area contributed by atoms with Crippen molar-refractivity contribution in [2.45, 2.75) is 15.5 Å². The van der Waals surface area contributed by atoms with Crippen molar-refractivity contribution >= 4 is 63.9 Å². The molecule has 0 spiro atoms. The fourth-order valence-corrected chi connectivity index (χ4v) is 6.85. The maximum atomic E-state index is 13.4. The van der Waals surface area contributed by atoms with Crippen LogP contribution in [0.4, 0.5) is 5.69 Å². The predicted molar refractivity (Wildman–Crippen MR) is 105 cm³/mol. The number of nitrogens with zero attached hydrogens (tertiary/aromatic N) is 1. The lowest BCUT2D eigenvalue weighted by atomic mass is 9.84. The Hall–Kier alpha value is -1.02. The van der Waals surface area contributed by atoms with Crippen LogP contribution < -0.4 is 9.64 Å². The Morgan fingerprint density at radius 2 is 1.29 bits per heavy atom. The van der Waals surface area contributed by atoms with E-state index in [2.05, 4.69) is 0 Å². The lowest BCUT2D eigenvalue weighted by Gasteiger charge is -2.42. The molecular weight excluding hydrogens is 452 g/mol. The van der Waals surface area contributed by atoms with Gasteiger partial charge in [0, 0.05) is 14.2 Å². The number of hydrogen-bond donors (Lipinski definition) is 0. The number of halogens is 4. The van der Waals surface area contributed by atoms with E-state index in [9.17, 15) is 9.59 Å². The van der Waals surface area contributed by atoms with Crippen LogP contribution >= 0.6 is 46.4 Å². The zero-order chi connectivity index (χ0) is 20.6. The highest BCUT2D eigenvalue weighted by molar-refractivity contribution is 6.54. The monoisotopic (exact) mass is 465 g/mol. The van der Waals surface area contributed by atoms with E-state index in [4.69, 9.17) is 60.6 Å². The van der Waals surface area contributed by atoms with E-state index in [1.165, 1.54) is 21.3 Å². The highest BCUT2D eigenvalue weighted by atomic mass is 35.5. The number of benzene rings is 1. The van der Waals surface area contributed by atoms with Crippen molar-refractivity contribution in [3.63, 3.8) is 0 Å². The van der Waals surface area contributed by atoms with Crippen LogP contribution in [0.5, 0.6) is 5.75 Å². The van der Waals surface area contributed by atoms with Crippen LogP contribution in [0.1, 0.15) is 0 Å². The van der Waals surface area contributed by atoms with Crippen LogP contribution in [0.15, 0.2) is 34.3 Å². The number of fused-ring (bicyclic) bond motifs is 5. The lowest BCUT2D eigenvalue weighted by Crippen LogP contribution is -2.60. The summed E-state index contributed by atoms with van der Waals surface area (Å²) in [4.78, 5) is 24.2. The molecule has 1 saturated heterocycles. The topological polar surface area (TPSA) is 65.1 Å². The van der Waals surface area contributed by atoms with Gasteiger partial charge in [0.2, 0.25) is 17.6 Å². The number of alkyl halides is 2. The Labute approximate surface area is 181 Å². The Morgan fingerprint density at radius 3 is 1.64 bits per heavy atom. The van der Waals surface area contributed by atoms with Gasteiger partial charge in [0.05, 0.1) is 34.7 Å². The first-order chi connectivity index (χ1) is 13.2. The van der Waals surface area contributed by atoms with Crippen LogP contribution in [0.2, 0.25) is 0 Å². The molecule has 2 aliphatic carbocycles. The Morgan fingerprint density at radius 1 is 0.857 bits per heavy atom. The van der Waals surface area contributed by atoms with Gasteiger partial charge in [0.25, 0.3) is 0 Å². The SMILES string of the molecule is COc1ccc(N2C(=O)[C@H]3[C@H](C2=O)[C@]2(Cl)C(Cl)=C(Cl)[C@]3(Cl)C2(OC)OC)cc1. The number of carbonyl (C=O) groups excluding carboxylic acids is 2. The molecule has 0 N–H and O–H groups in total. The molecule has 2 amide bonds. The third-order valence-corrected chi connectivity index (χ3v) is 8.47. The molecule has 1 aromatic rings. The fraction of sp³-hybridized carbons (Fsp3) is 0.444. The Bertz CT molecular complexity index is 869. The summed E-state index contributed by atoms with van der Waals surface area (Å²) < 4.78 is 16.2. The zero-order valence-corrected chi connectivity index (χ0v) is 18.0. The number of ether oxygens (including phenoxy) is 3. The quantitative estimate of drug-likeness (QED) is 0.386. The van der Waals surface area contributed by atoms with Gasteiger partial charge in [-0.25, -0.2) is 4.90 Å². The number of carbonyl (C=O) groups is 2. The van der Waals surface area contributed by atoms with Crippen molar-refractivity contribution in [3.8, 4) is 5.75 Å². The first-order valence-corrected chi connectivity index (χ1v) is 9.74. The second-order valence-corrected chi connectivity index (χ2v) is 8.69. The average molecular weight is 467 g/mol. The highest BCUT2D eigenvalue weighted by Gasteiger charge is 2.89. The van der Waals surface area contributed by atoms with Crippen molar-refractivity contribution in [1.82, 2.24) is 0 Å². The van der Waals surface area contributed by atoms with Gasteiger partial charge in [0.15, 0.2) is 0 Å². The molecule has 3 aliphatic rings. The Balaban J connectivity index is 1.88. The van der Waals surface area contributed by atoms with Crippen molar-refractivity contribution in [2.75, 3.05) is 26.2 Å². The van der Waals surface area contributed by atoms with Gasteiger partial charge in [-0.15, -0.1) is 23.2 Å². The van der Waals surface area contributed by atoms with E-state index < -0.39 is 39.2 Å². The van der Waals surface area contributed by atoms with Gasteiger partial charge in [-0.3, -0.25) is 9.59 Å². The van der Waals surface area contributed by atoms with Gasteiger partial charge in [-0.05, 0) is 24.3 Å². The summed E-state index contributed by atoms with van der Waals surface area (Å²) in [5, 5.41) is -0.123. The van der Waals surface area contributed by atoms with Crippen molar-refractivity contribution in [2.24, 2.45) is 11.8 Å². The molecular formula is C18H15Cl4NO5. The summed E-state index contributed by atoms with van der Waals surface area (Å²) in [6.07, 6.45) is 0. The zero-order valence-electron chi connectivity index (χ0n) is 15.0. The Kier molecular flexibility index (Phi) is 4.51. The summed E-state index contributed by atoms with van der Waals surface area (Å²) >= 11 is 26.6. The smallest absolute Gasteiger partial charge is 0.240 e. The third-order valence-electron chi connectivity index (χ3n) is 5.86. The van der Waals surface area contributed by atoms with Crippen LogP contribution in [-0.4, -0.2) is 48.7 Å². The second kappa shape index (κ2) is 6.24. The van der Waals surface area contributed by atoms with Crippen LogP contribution in [0.25, 0.3) is 0 Å². The molecule has 1 aliphatic heterocycles. The van der Waals surface area contributed by atoms with Crippen molar-refractivity contribution in [3.05, 3.63) is 34.3 Å². The van der Waals surface area contributed by atoms with E-state index in [1.54, 1.807) is 24.3 Å². The van der Waals surface area contributed by atoms with E-state index in [0.717, 1.165) is 4.90 Å². The minimum atomic E-state index is -1.79. The van der Waals surface area contributed by atoms with Crippen molar-refractivity contribution in [1.29, 1.82) is 0 Å². The molecule has 1 heterocycles. The predicted octanol–water partition coefficient (Wildman–Crippen LogP) is 3.46. The molecule has 6 nitrogen and oxygen atoms in total. The van der Waals surface area contributed by atoms with Crippen LogP contribution in [0, 0.1) is 11.8 Å². The van der Waals surface area contributed by atoms with Crippen LogP contribution in [0.3, 0.4) is 0 Å². The lowest BCUT2D eigenvalue weighted by molar-refractivity contribution is -0.221. The third kappa shape index (κ3) is 1.90. The molecule has 2 fully saturated rings. The number of methoxy groups -OCH3 is 3. The molecule has 0 unspecified atom stereocenters. The van der Waals surface area contributed by atoms with Gasteiger partial charge in [-0.2, -0.15) is 0 Å². The maximum Gasteiger partial charge on any atom is 0.240 e. The van der Waals surface area contributed by atoms with Crippen LogP contribution in [-0.2, 0) is 19.1 Å². The molecule has 2 bridgehead atoms. The fourth-order valence-electron chi connectivity index (χ4n) is 4.69. The first kappa shape index (κ1) is 20.3. The molecule has 1 saturated carbocycles. The molecule has 150 valence electrons. The van der Waals surface area contributed by atoms with Gasteiger partial charge in [0.1, 0.15) is 15.5 Å². The van der Waals surface area contributed by atoms with Gasteiger partial charge >= 0.3 is 0 Å². The minimum absolute atomic E-state index is 0.0616. The molecule has 10 heteroatoms. The molecule has 1 aromatic carbocycles. The molecule has 4 atom stereocenters. The van der Waals surface area contributed by atoms with E-state index >= 15 is 0 Å². The summed E-state index contributed by atoms with van der Waals surface area (Å²) in [5.41, 5.74) is 0.359. The highest BCUT2D eigenvalue weighted by Crippen LogP contribution is 2.75. The molecule has 28 heavy (non-hydrogen) atoms. The van der Waals surface area contributed by atoms with Gasteiger partial charge in [-0.1, -0.05) is 23.2 Å². The largest absolute Gasteiger partial charge is 0.497 e. The average Bonchev–Trinajstić information content (AvgIpc) is 3.12.